The van der Waals surface area contributed by atoms with E-state index < -0.39 is 0 Å². The first-order valence-electron chi connectivity index (χ1n) is 6.98. The van der Waals surface area contributed by atoms with E-state index in [1.54, 1.807) is 0 Å². The Morgan fingerprint density at radius 2 is 1.84 bits per heavy atom. The van der Waals surface area contributed by atoms with E-state index in [1.165, 1.54) is 11.1 Å². The van der Waals surface area contributed by atoms with E-state index in [2.05, 4.69) is 50.4 Å². The van der Waals surface area contributed by atoms with Crippen LogP contribution in [-0.2, 0) is 17.6 Å². The molecule has 104 valence electrons. The lowest BCUT2D eigenvalue weighted by atomic mass is 9.85. The summed E-state index contributed by atoms with van der Waals surface area (Å²) < 4.78 is 0. The van der Waals surface area contributed by atoms with Gasteiger partial charge in [-0.3, -0.25) is 4.79 Å². The molecule has 1 aromatic carbocycles. The quantitative estimate of drug-likeness (QED) is 0.873. The van der Waals surface area contributed by atoms with Crippen molar-refractivity contribution in [3.63, 3.8) is 0 Å². The molecule has 1 atom stereocenters. The first kappa shape index (κ1) is 14.1. The second kappa shape index (κ2) is 5.33. The van der Waals surface area contributed by atoms with Crippen LogP contribution in [0.1, 0.15) is 38.3 Å². The van der Waals surface area contributed by atoms with Gasteiger partial charge in [0, 0.05) is 18.5 Å². The number of hydrogen-bond donors (Lipinski definition) is 2. The molecule has 0 radical (unpaired) electrons. The number of fused-ring (bicyclic) bond motifs is 1. The molecular weight excluding hydrogens is 236 g/mol. The molecule has 3 nitrogen and oxygen atoms in total. The predicted molar refractivity (Wildman–Crippen MR) is 77.8 cm³/mol. The fraction of sp³-hybridized carbons (Fsp3) is 0.562. The van der Waals surface area contributed by atoms with Crippen LogP contribution in [0.5, 0.6) is 0 Å². The van der Waals surface area contributed by atoms with Crippen LogP contribution in [0.25, 0.3) is 0 Å². The maximum Gasteiger partial charge on any atom is 0.221 e. The molecule has 19 heavy (non-hydrogen) atoms. The van der Waals surface area contributed by atoms with Crippen molar-refractivity contribution in [2.24, 2.45) is 11.1 Å². The molecule has 1 amide bonds. The molecule has 0 aliphatic heterocycles. The van der Waals surface area contributed by atoms with Gasteiger partial charge in [-0.25, -0.2) is 0 Å². The van der Waals surface area contributed by atoms with Gasteiger partial charge in [0.15, 0.2) is 0 Å². The van der Waals surface area contributed by atoms with E-state index in [9.17, 15) is 4.79 Å². The monoisotopic (exact) mass is 260 g/mol. The summed E-state index contributed by atoms with van der Waals surface area (Å²) >= 11 is 0. The van der Waals surface area contributed by atoms with Crippen LogP contribution in [0.2, 0.25) is 0 Å². The van der Waals surface area contributed by atoms with Crippen molar-refractivity contribution in [2.75, 3.05) is 0 Å². The van der Waals surface area contributed by atoms with Crippen LogP contribution in [0.4, 0.5) is 0 Å². The van der Waals surface area contributed by atoms with Gasteiger partial charge in [-0.2, -0.15) is 0 Å². The van der Waals surface area contributed by atoms with Crippen molar-refractivity contribution >= 4 is 5.91 Å². The smallest absolute Gasteiger partial charge is 0.221 e. The van der Waals surface area contributed by atoms with Crippen molar-refractivity contribution in [1.29, 1.82) is 0 Å². The number of hydrogen-bond acceptors (Lipinski definition) is 2. The zero-order chi connectivity index (χ0) is 14.0. The minimum absolute atomic E-state index is 0.0318. The van der Waals surface area contributed by atoms with Crippen LogP contribution in [0.15, 0.2) is 24.3 Å². The third kappa shape index (κ3) is 3.57. The van der Waals surface area contributed by atoms with Crippen LogP contribution in [0, 0.1) is 5.41 Å². The number of amides is 1. The number of carbonyl (C=O) groups is 1. The summed E-state index contributed by atoms with van der Waals surface area (Å²) in [5.74, 6) is 0.0697. The van der Waals surface area contributed by atoms with Gasteiger partial charge in [0.1, 0.15) is 0 Å². The Balaban J connectivity index is 1.86. The summed E-state index contributed by atoms with van der Waals surface area (Å²) in [6.45, 7) is 6.20. The molecule has 0 saturated heterocycles. The highest BCUT2D eigenvalue weighted by atomic mass is 16.1. The lowest BCUT2D eigenvalue weighted by Crippen LogP contribution is -2.43. The highest BCUT2D eigenvalue weighted by Gasteiger charge is 2.26. The molecule has 1 aromatic rings. The van der Waals surface area contributed by atoms with E-state index in [1.807, 2.05) is 0 Å². The molecular formula is C16H24N2O. The Kier molecular flexibility index (Phi) is 3.95. The van der Waals surface area contributed by atoms with Crippen molar-refractivity contribution in [3.05, 3.63) is 35.4 Å². The van der Waals surface area contributed by atoms with E-state index in [0.29, 0.717) is 6.42 Å². The summed E-state index contributed by atoms with van der Waals surface area (Å²) in [7, 11) is 0. The Hall–Kier alpha value is -1.35. The molecule has 1 aliphatic carbocycles. The molecule has 1 aliphatic rings. The van der Waals surface area contributed by atoms with Gasteiger partial charge in [0.25, 0.3) is 0 Å². The van der Waals surface area contributed by atoms with Crippen LogP contribution in [0.3, 0.4) is 0 Å². The average molecular weight is 260 g/mol. The number of nitrogens with one attached hydrogen (secondary N) is 1. The molecule has 3 heteroatoms. The topological polar surface area (TPSA) is 55.1 Å². The maximum absolute atomic E-state index is 12.0. The standard InChI is InChI=1S/C16H24N2O/c1-16(2,3)14(17)10-15(19)18-13-8-11-6-4-5-7-12(11)9-13/h4-7,13-14H,8-10,17H2,1-3H3,(H,18,19). The number of rotatable bonds is 3. The van der Waals surface area contributed by atoms with Gasteiger partial charge in [-0.15, -0.1) is 0 Å². The lowest BCUT2D eigenvalue weighted by molar-refractivity contribution is -0.122. The summed E-state index contributed by atoms with van der Waals surface area (Å²) in [6, 6.07) is 8.52. The van der Waals surface area contributed by atoms with E-state index in [0.717, 1.165) is 12.8 Å². The van der Waals surface area contributed by atoms with E-state index in [4.69, 9.17) is 5.73 Å². The molecule has 0 spiro atoms. The Labute approximate surface area is 115 Å². The van der Waals surface area contributed by atoms with Gasteiger partial charge in [0.05, 0.1) is 0 Å². The molecule has 2 rings (SSSR count). The summed E-state index contributed by atoms with van der Waals surface area (Å²) in [6.07, 6.45) is 2.27. The highest BCUT2D eigenvalue weighted by Crippen LogP contribution is 2.23. The third-order valence-corrected chi connectivity index (χ3v) is 3.93. The highest BCUT2D eigenvalue weighted by molar-refractivity contribution is 5.77. The minimum atomic E-state index is -0.101. The third-order valence-electron chi connectivity index (χ3n) is 3.93. The Morgan fingerprint density at radius 1 is 1.32 bits per heavy atom. The molecule has 0 bridgehead atoms. The van der Waals surface area contributed by atoms with Crippen molar-refractivity contribution in [3.8, 4) is 0 Å². The SMILES string of the molecule is CC(C)(C)C(N)CC(=O)NC1Cc2ccccc2C1. The summed E-state index contributed by atoms with van der Waals surface area (Å²) in [5, 5.41) is 3.11. The van der Waals surface area contributed by atoms with E-state index >= 15 is 0 Å². The maximum atomic E-state index is 12.0. The van der Waals surface area contributed by atoms with Crippen molar-refractivity contribution in [1.82, 2.24) is 5.32 Å². The Morgan fingerprint density at radius 3 is 2.32 bits per heavy atom. The largest absolute Gasteiger partial charge is 0.353 e. The van der Waals surface area contributed by atoms with Crippen molar-refractivity contribution in [2.45, 2.75) is 52.1 Å². The average Bonchev–Trinajstić information content (AvgIpc) is 2.69. The van der Waals surface area contributed by atoms with Crippen LogP contribution >= 0.6 is 0 Å². The predicted octanol–water partition coefficient (Wildman–Crippen LogP) is 2.03. The fourth-order valence-electron chi connectivity index (χ4n) is 2.45. The second-order valence-electron chi connectivity index (χ2n) is 6.62. The molecule has 0 heterocycles. The first-order valence-corrected chi connectivity index (χ1v) is 6.98. The number of nitrogens with two attached hydrogens (primary N) is 1. The molecule has 0 fully saturated rings. The number of benzene rings is 1. The minimum Gasteiger partial charge on any atom is -0.353 e. The first-order chi connectivity index (χ1) is 8.86. The normalized spacial score (nSPS) is 17.1. The van der Waals surface area contributed by atoms with Crippen molar-refractivity contribution < 1.29 is 4.79 Å². The van der Waals surface area contributed by atoms with E-state index in [-0.39, 0.29) is 23.4 Å². The van der Waals surface area contributed by atoms with Gasteiger partial charge in [-0.1, -0.05) is 45.0 Å². The molecule has 0 saturated carbocycles. The Bertz CT molecular complexity index is 437. The van der Waals surface area contributed by atoms with Crippen LogP contribution < -0.4 is 11.1 Å². The van der Waals surface area contributed by atoms with Crippen LogP contribution in [-0.4, -0.2) is 18.0 Å². The zero-order valence-electron chi connectivity index (χ0n) is 12.1. The lowest BCUT2D eigenvalue weighted by Gasteiger charge is -2.27. The second-order valence-corrected chi connectivity index (χ2v) is 6.62. The molecule has 3 N–H and O–H groups in total. The molecule has 0 aromatic heterocycles. The van der Waals surface area contributed by atoms with Gasteiger partial charge in [0.2, 0.25) is 5.91 Å². The fourth-order valence-corrected chi connectivity index (χ4v) is 2.45. The van der Waals surface area contributed by atoms with Gasteiger partial charge in [-0.05, 0) is 29.4 Å². The summed E-state index contributed by atoms with van der Waals surface area (Å²) in [4.78, 5) is 12.0. The molecule has 1 unspecified atom stereocenters. The van der Waals surface area contributed by atoms with Gasteiger partial charge >= 0.3 is 0 Å². The number of carbonyl (C=O) groups excluding carboxylic acids is 1. The van der Waals surface area contributed by atoms with Gasteiger partial charge < -0.3 is 11.1 Å². The summed E-state index contributed by atoms with van der Waals surface area (Å²) in [5.41, 5.74) is 8.73. The zero-order valence-corrected chi connectivity index (χ0v) is 12.1.